The number of piperidine rings is 1. The maximum atomic E-state index is 13.8. The summed E-state index contributed by atoms with van der Waals surface area (Å²) in [5, 5.41) is 12.4. The zero-order valence-corrected chi connectivity index (χ0v) is 13.5. The van der Waals surface area contributed by atoms with Crippen LogP contribution in [0.15, 0.2) is 18.2 Å². The van der Waals surface area contributed by atoms with Crippen molar-refractivity contribution in [1.82, 2.24) is 9.96 Å². The molecule has 0 spiro atoms. The molecule has 5 nitrogen and oxygen atoms in total. The molecule has 1 amide bonds. The molecule has 2 heterocycles. The lowest BCUT2D eigenvalue weighted by Gasteiger charge is -2.41. The number of likely N-dealkylation sites (tertiary alicyclic amines) is 1. The fourth-order valence-electron chi connectivity index (χ4n) is 3.30. The molecule has 7 heteroatoms. The highest BCUT2D eigenvalue weighted by Crippen LogP contribution is 2.27. The fourth-order valence-corrected chi connectivity index (χ4v) is 3.30. The number of amides is 1. The minimum Gasteiger partial charge on any atom is -0.379 e. The highest BCUT2D eigenvalue weighted by atomic mass is 19.2. The van der Waals surface area contributed by atoms with Gasteiger partial charge in [0.25, 0.3) is 5.91 Å². The fraction of sp³-hybridized carbons (Fsp3) is 0.588. The van der Waals surface area contributed by atoms with Gasteiger partial charge in [-0.05, 0) is 31.7 Å². The van der Waals surface area contributed by atoms with Gasteiger partial charge in [0, 0.05) is 25.2 Å². The summed E-state index contributed by atoms with van der Waals surface area (Å²) < 4.78 is 27.2. The van der Waals surface area contributed by atoms with E-state index in [1.165, 1.54) is 17.0 Å². The van der Waals surface area contributed by atoms with Crippen LogP contribution in [0.5, 0.6) is 0 Å². The lowest BCUT2D eigenvalue weighted by Crippen LogP contribution is -2.58. The molecule has 132 valence electrons. The lowest BCUT2D eigenvalue weighted by molar-refractivity contribution is -0.215. The third-order valence-corrected chi connectivity index (χ3v) is 4.61. The topological polar surface area (TPSA) is 53.0 Å². The molecular formula is C17H22F2N2O3. The summed E-state index contributed by atoms with van der Waals surface area (Å²) in [6.45, 7) is 1.73. The smallest absolute Gasteiger partial charge is 0.256 e. The Morgan fingerprint density at radius 1 is 1.21 bits per heavy atom. The van der Waals surface area contributed by atoms with E-state index in [2.05, 4.69) is 0 Å². The molecule has 2 aliphatic rings. The van der Waals surface area contributed by atoms with Crippen LogP contribution in [0.4, 0.5) is 8.78 Å². The Morgan fingerprint density at radius 2 is 2.04 bits per heavy atom. The van der Waals surface area contributed by atoms with Gasteiger partial charge in [-0.25, -0.2) is 8.78 Å². The molecule has 2 aliphatic heterocycles. The predicted molar refractivity (Wildman–Crippen MR) is 82.7 cm³/mol. The molecule has 1 atom stereocenters. The van der Waals surface area contributed by atoms with Crippen LogP contribution < -0.4 is 0 Å². The van der Waals surface area contributed by atoms with E-state index in [0.29, 0.717) is 32.5 Å². The van der Waals surface area contributed by atoms with Gasteiger partial charge in [0.05, 0.1) is 13.2 Å². The van der Waals surface area contributed by atoms with Crippen molar-refractivity contribution in [3.8, 4) is 0 Å². The van der Waals surface area contributed by atoms with Crippen LogP contribution in [0.3, 0.4) is 0 Å². The molecule has 0 aromatic heterocycles. The molecule has 0 bridgehead atoms. The highest BCUT2D eigenvalue weighted by molar-refractivity contribution is 5.86. The average molecular weight is 340 g/mol. The first-order valence-corrected chi connectivity index (χ1v) is 8.32. The van der Waals surface area contributed by atoms with Gasteiger partial charge in [-0.2, -0.15) is 5.06 Å². The number of carbonyl (C=O) groups excluding carboxylic acids is 1. The summed E-state index contributed by atoms with van der Waals surface area (Å²) in [5.74, 6) is -2.33. The minimum atomic E-state index is -1.54. The summed E-state index contributed by atoms with van der Waals surface area (Å²) in [6, 6.07) is 3.91. The second kappa shape index (κ2) is 7.13. The normalized spacial score (nSPS) is 26.0. The number of hydrogen-bond acceptors (Lipinski definition) is 4. The number of nitrogens with zero attached hydrogens (tertiary/aromatic N) is 2. The zero-order valence-electron chi connectivity index (χ0n) is 13.5. The molecule has 3 rings (SSSR count). The van der Waals surface area contributed by atoms with Crippen molar-refractivity contribution in [3.63, 3.8) is 0 Å². The zero-order chi connectivity index (χ0) is 17.2. The summed E-state index contributed by atoms with van der Waals surface area (Å²) in [7, 11) is 0. The summed E-state index contributed by atoms with van der Waals surface area (Å²) in [5.41, 5.74) is -1.43. The number of halogens is 2. The Hall–Kier alpha value is -1.57. The second-order valence-electron chi connectivity index (χ2n) is 6.48. The van der Waals surface area contributed by atoms with E-state index in [-0.39, 0.29) is 18.7 Å². The molecule has 2 saturated heterocycles. The van der Waals surface area contributed by atoms with Crippen molar-refractivity contribution in [1.29, 1.82) is 0 Å². The van der Waals surface area contributed by atoms with Crippen LogP contribution in [-0.4, -0.2) is 52.8 Å². The molecule has 24 heavy (non-hydrogen) atoms. The van der Waals surface area contributed by atoms with Crippen molar-refractivity contribution in [2.24, 2.45) is 0 Å². The number of hydroxylamine groups is 2. The Kier molecular flexibility index (Phi) is 5.12. The first-order chi connectivity index (χ1) is 11.5. The van der Waals surface area contributed by atoms with Crippen molar-refractivity contribution in [2.45, 2.75) is 37.8 Å². The number of carbonyl (C=O) groups is 1. The van der Waals surface area contributed by atoms with Gasteiger partial charge < -0.3 is 10.0 Å². The van der Waals surface area contributed by atoms with E-state index in [4.69, 9.17) is 4.84 Å². The van der Waals surface area contributed by atoms with E-state index < -0.39 is 23.1 Å². The second-order valence-corrected chi connectivity index (χ2v) is 6.48. The van der Waals surface area contributed by atoms with E-state index in [1.807, 2.05) is 0 Å². The first kappa shape index (κ1) is 17.3. The Bertz CT molecular complexity index is 607. The van der Waals surface area contributed by atoms with Crippen LogP contribution in [0.1, 0.15) is 31.2 Å². The predicted octanol–water partition coefficient (Wildman–Crippen LogP) is 1.85. The summed E-state index contributed by atoms with van der Waals surface area (Å²) in [4.78, 5) is 19.6. The standard InChI is InChI=1S/C17H22F2N2O3/c18-14-6-3-5-13(15(14)19)11-20-8-4-7-17(23,16(20)22)12-21-9-1-2-10-24-21/h3,5-6,23H,1-2,4,7-12H2. The van der Waals surface area contributed by atoms with Gasteiger partial charge in [-0.1, -0.05) is 12.1 Å². The van der Waals surface area contributed by atoms with Gasteiger partial charge in [-0.15, -0.1) is 0 Å². The van der Waals surface area contributed by atoms with Gasteiger partial charge >= 0.3 is 0 Å². The van der Waals surface area contributed by atoms with Crippen LogP contribution in [0.25, 0.3) is 0 Å². The largest absolute Gasteiger partial charge is 0.379 e. The van der Waals surface area contributed by atoms with Gasteiger partial charge in [-0.3, -0.25) is 9.63 Å². The van der Waals surface area contributed by atoms with Crippen LogP contribution >= 0.6 is 0 Å². The SMILES string of the molecule is O=C1N(Cc2cccc(F)c2F)CCCC1(O)CN1CCCCO1. The molecular weight excluding hydrogens is 318 g/mol. The number of hydrogen-bond donors (Lipinski definition) is 1. The molecule has 1 N–H and O–H groups in total. The molecule has 0 aliphatic carbocycles. The minimum absolute atomic E-state index is 0.0500. The third kappa shape index (κ3) is 3.58. The maximum Gasteiger partial charge on any atom is 0.256 e. The van der Waals surface area contributed by atoms with E-state index >= 15 is 0 Å². The quantitative estimate of drug-likeness (QED) is 0.909. The Morgan fingerprint density at radius 3 is 2.79 bits per heavy atom. The molecule has 0 radical (unpaired) electrons. The van der Waals surface area contributed by atoms with E-state index in [1.54, 1.807) is 5.06 Å². The van der Waals surface area contributed by atoms with Gasteiger partial charge in [0.1, 0.15) is 0 Å². The maximum absolute atomic E-state index is 13.8. The van der Waals surface area contributed by atoms with Crippen LogP contribution in [0, 0.1) is 11.6 Å². The molecule has 1 aromatic rings. The molecule has 1 unspecified atom stereocenters. The number of benzene rings is 1. The molecule has 0 saturated carbocycles. The molecule has 1 aromatic carbocycles. The summed E-state index contributed by atoms with van der Waals surface area (Å²) in [6.07, 6.45) is 2.87. The van der Waals surface area contributed by atoms with Crippen molar-refractivity contribution in [3.05, 3.63) is 35.4 Å². The average Bonchev–Trinajstić information content (AvgIpc) is 2.57. The van der Waals surface area contributed by atoms with Crippen molar-refractivity contribution < 1.29 is 23.5 Å². The third-order valence-electron chi connectivity index (χ3n) is 4.61. The van der Waals surface area contributed by atoms with E-state index in [9.17, 15) is 18.7 Å². The number of β-amino-alcohol motifs (C(OH)–C–C–N with tert-alkyl or cyclic N) is 1. The monoisotopic (exact) mass is 340 g/mol. The Balaban J connectivity index is 1.70. The van der Waals surface area contributed by atoms with Crippen molar-refractivity contribution in [2.75, 3.05) is 26.2 Å². The van der Waals surface area contributed by atoms with E-state index in [0.717, 1.165) is 18.9 Å². The lowest BCUT2D eigenvalue weighted by atomic mass is 9.91. The van der Waals surface area contributed by atoms with Crippen LogP contribution in [0.2, 0.25) is 0 Å². The van der Waals surface area contributed by atoms with Crippen molar-refractivity contribution >= 4 is 5.91 Å². The Labute approximate surface area is 139 Å². The van der Waals surface area contributed by atoms with Gasteiger partial charge in [0.15, 0.2) is 17.2 Å². The van der Waals surface area contributed by atoms with Gasteiger partial charge in [0.2, 0.25) is 0 Å². The number of rotatable bonds is 4. The van der Waals surface area contributed by atoms with Crippen LogP contribution in [-0.2, 0) is 16.2 Å². The highest BCUT2D eigenvalue weighted by Gasteiger charge is 2.44. The molecule has 2 fully saturated rings. The summed E-state index contributed by atoms with van der Waals surface area (Å²) >= 11 is 0. The first-order valence-electron chi connectivity index (χ1n) is 8.32. The number of aliphatic hydroxyl groups is 1.